The maximum atomic E-state index is 14.2. The number of anilines is 3. The summed E-state index contributed by atoms with van der Waals surface area (Å²) in [4.78, 5) is 33.0. The molecule has 14 heteroatoms. The van der Waals surface area contributed by atoms with Crippen molar-refractivity contribution in [1.82, 2.24) is 39.4 Å². The van der Waals surface area contributed by atoms with Crippen LogP contribution >= 0.6 is 0 Å². The molecule has 0 bridgehead atoms. The number of rotatable bonds is 9. The number of nitrogens with two attached hydrogens (primary N) is 1. The number of morpholine rings is 1. The van der Waals surface area contributed by atoms with Crippen LogP contribution in [0.1, 0.15) is 18.7 Å². The van der Waals surface area contributed by atoms with Gasteiger partial charge in [-0.3, -0.25) is 4.57 Å². The van der Waals surface area contributed by atoms with Gasteiger partial charge in [-0.25, -0.2) is 23.7 Å². The van der Waals surface area contributed by atoms with Crippen LogP contribution in [0, 0.1) is 0 Å². The van der Waals surface area contributed by atoms with Gasteiger partial charge in [0.25, 0.3) is 6.43 Å². The molecule has 12 nitrogen and oxygen atoms in total. The number of fused-ring (bicyclic) bond motifs is 1. The Morgan fingerprint density at radius 3 is 2.46 bits per heavy atom. The second kappa shape index (κ2) is 11.4. The van der Waals surface area contributed by atoms with E-state index < -0.39 is 12.2 Å². The number of halogens is 2. The molecule has 1 aliphatic heterocycles. The third kappa shape index (κ3) is 5.71. The first-order valence-electron chi connectivity index (χ1n) is 12.6. The number of para-hydroxylation sites is 2. The second-order valence-electron chi connectivity index (χ2n) is 9.51. The molecular formula is C25H31F2N11O. The van der Waals surface area contributed by atoms with E-state index in [-0.39, 0.29) is 17.5 Å². The van der Waals surface area contributed by atoms with Gasteiger partial charge in [0.15, 0.2) is 11.6 Å². The standard InChI is InChI=1S/C25H31F2N11O/c1-35(2)9-6-10-36(3)23-29-15-16(28)19(31-23)21-32-24(37-11-13-39-14-12-37)34-25(33-21)38-18-8-5-4-7-17(18)30-22(38)20(26)27/h4-5,7-8,15,20H,6,9-14,28H2,1-3H3. The molecule has 4 heterocycles. The topological polar surface area (TPSA) is 127 Å². The molecule has 3 aromatic heterocycles. The van der Waals surface area contributed by atoms with E-state index in [9.17, 15) is 8.78 Å². The fraction of sp³-hybridized carbons (Fsp3) is 0.440. The number of hydrogen-bond acceptors (Lipinski definition) is 11. The van der Waals surface area contributed by atoms with Crippen LogP contribution in [-0.4, -0.2) is 99.9 Å². The maximum Gasteiger partial charge on any atom is 0.296 e. The first-order valence-corrected chi connectivity index (χ1v) is 12.6. The van der Waals surface area contributed by atoms with Gasteiger partial charge in [-0.05, 0) is 39.2 Å². The number of nitrogens with zero attached hydrogens (tertiary/aromatic N) is 10. The van der Waals surface area contributed by atoms with E-state index in [1.165, 1.54) is 10.8 Å². The van der Waals surface area contributed by atoms with Crippen LogP contribution in [0.25, 0.3) is 28.5 Å². The van der Waals surface area contributed by atoms with Crippen LogP contribution in [0.5, 0.6) is 0 Å². The molecule has 4 aromatic rings. The third-order valence-electron chi connectivity index (χ3n) is 6.34. The molecule has 0 amide bonds. The summed E-state index contributed by atoms with van der Waals surface area (Å²) >= 11 is 0. The lowest BCUT2D eigenvalue weighted by Gasteiger charge is -2.27. The lowest BCUT2D eigenvalue weighted by Crippen LogP contribution is -2.37. The van der Waals surface area contributed by atoms with Crippen molar-refractivity contribution in [3.63, 3.8) is 0 Å². The summed E-state index contributed by atoms with van der Waals surface area (Å²) in [6.45, 7) is 3.69. The minimum absolute atomic E-state index is 0.00407. The van der Waals surface area contributed by atoms with Crippen molar-refractivity contribution in [1.29, 1.82) is 0 Å². The molecule has 1 saturated heterocycles. The number of nitrogen functional groups attached to an aromatic ring is 1. The SMILES string of the molecule is CN(C)CCCN(C)c1ncc(N)c(-c2nc(N3CCOCC3)nc(-n3c(C(F)F)nc4ccccc43)n2)n1. The zero-order valence-electron chi connectivity index (χ0n) is 22.1. The molecule has 39 heavy (non-hydrogen) atoms. The fourth-order valence-corrected chi connectivity index (χ4v) is 4.33. The molecule has 1 fully saturated rings. The number of benzene rings is 1. The van der Waals surface area contributed by atoms with Gasteiger partial charge in [-0.1, -0.05) is 12.1 Å². The Morgan fingerprint density at radius 1 is 0.974 bits per heavy atom. The molecular weight excluding hydrogens is 508 g/mol. The smallest absolute Gasteiger partial charge is 0.296 e. The monoisotopic (exact) mass is 539 g/mol. The molecule has 206 valence electrons. The van der Waals surface area contributed by atoms with Gasteiger partial charge in [0.1, 0.15) is 5.69 Å². The van der Waals surface area contributed by atoms with Crippen LogP contribution in [0.15, 0.2) is 30.5 Å². The quantitative estimate of drug-likeness (QED) is 0.337. The van der Waals surface area contributed by atoms with Crippen molar-refractivity contribution >= 4 is 28.6 Å². The highest BCUT2D eigenvalue weighted by Gasteiger charge is 2.25. The summed E-state index contributed by atoms with van der Waals surface area (Å²) in [5.74, 6) is 0.467. The Balaban J connectivity index is 1.63. The zero-order valence-corrected chi connectivity index (χ0v) is 22.1. The summed E-state index contributed by atoms with van der Waals surface area (Å²) in [5.41, 5.74) is 7.72. The average Bonchev–Trinajstić information content (AvgIpc) is 3.33. The molecule has 1 aliphatic rings. The van der Waals surface area contributed by atoms with Crippen molar-refractivity contribution in [2.75, 3.05) is 76.1 Å². The van der Waals surface area contributed by atoms with Crippen molar-refractivity contribution in [2.45, 2.75) is 12.8 Å². The maximum absolute atomic E-state index is 14.2. The van der Waals surface area contributed by atoms with Gasteiger partial charge in [0, 0.05) is 26.7 Å². The van der Waals surface area contributed by atoms with E-state index in [0.717, 1.165) is 19.5 Å². The summed E-state index contributed by atoms with van der Waals surface area (Å²) < 4.78 is 35.1. The number of alkyl halides is 2. The predicted molar refractivity (Wildman–Crippen MR) is 144 cm³/mol. The molecule has 0 spiro atoms. The molecule has 0 saturated carbocycles. The van der Waals surface area contributed by atoms with Gasteiger partial charge in [-0.15, -0.1) is 0 Å². The molecule has 0 aliphatic carbocycles. The molecule has 0 radical (unpaired) electrons. The van der Waals surface area contributed by atoms with E-state index in [4.69, 9.17) is 10.5 Å². The van der Waals surface area contributed by atoms with Crippen molar-refractivity contribution in [3.05, 3.63) is 36.3 Å². The van der Waals surface area contributed by atoms with Crippen LogP contribution in [0.2, 0.25) is 0 Å². The Kier molecular flexibility index (Phi) is 7.74. The van der Waals surface area contributed by atoms with Crippen LogP contribution < -0.4 is 15.5 Å². The molecule has 5 rings (SSSR count). The molecule has 2 N–H and O–H groups in total. The summed E-state index contributed by atoms with van der Waals surface area (Å²) in [6.07, 6.45) is -0.431. The summed E-state index contributed by atoms with van der Waals surface area (Å²) in [5, 5.41) is 0. The van der Waals surface area contributed by atoms with Crippen molar-refractivity contribution in [3.8, 4) is 17.5 Å². The lowest BCUT2D eigenvalue weighted by atomic mass is 10.3. The summed E-state index contributed by atoms with van der Waals surface area (Å²) in [6, 6.07) is 6.86. The van der Waals surface area contributed by atoms with Gasteiger partial charge < -0.3 is 25.2 Å². The predicted octanol–water partition coefficient (Wildman–Crippen LogP) is 2.41. The largest absolute Gasteiger partial charge is 0.396 e. The third-order valence-corrected chi connectivity index (χ3v) is 6.34. The normalized spacial score (nSPS) is 14.1. The Hall–Kier alpha value is -4.04. The highest BCUT2D eigenvalue weighted by Crippen LogP contribution is 2.29. The number of hydrogen-bond donors (Lipinski definition) is 1. The van der Waals surface area contributed by atoms with Gasteiger partial charge in [-0.2, -0.15) is 15.0 Å². The van der Waals surface area contributed by atoms with Gasteiger partial charge >= 0.3 is 0 Å². The Morgan fingerprint density at radius 2 is 1.72 bits per heavy atom. The van der Waals surface area contributed by atoms with E-state index in [0.29, 0.717) is 54.9 Å². The Labute approximate surface area is 224 Å². The van der Waals surface area contributed by atoms with Crippen molar-refractivity contribution < 1.29 is 13.5 Å². The lowest BCUT2D eigenvalue weighted by molar-refractivity contribution is 0.122. The first-order chi connectivity index (χ1) is 18.8. The first kappa shape index (κ1) is 26.6. The highest BCUT2D eigenvalue weighted by molar-refractivity contribution is 5.78. The van der Waals surface area contributed by atoms with Crippen LogP contribution in [0.4, 0.5) is 26.4 Å². The van der Waals surface area contributed by atoms with E-state index in [1.807, 2.05) is 30.9 Å². The number of ether oxygens (including phenoxy) is 1. The molecule has 1 aromatic carbocycles. The molecule has 0 unspecified atom stereocenters. The van der Waals surface area contributed by atoms with E-state index >= 15 is 0 Å². The van der Waals surface area contributed by atoms with Gasteiger partial charge in [0.05, 0.1) is 36.1 Å². The van der Waals surface area contributed by atoms with E-state index in [2.05, 4.69) is 34.8 Å². The van der Waals surface area contributed by atoms with Crippen molar-refractivity contribution in [2.24, 2.45) is 0 Å². The minimum Gasteiger partial charge on any atom is -0.396 e. The van der Waals surface area contributed by atoms with Gasteiger partial charge in [0.2, 0.25) is 17.8 Å². The zero-order chi connectivity index (χ0) is 27.5. The Bertz CT molecular complexity index is 1440. The second-order valence-corrected chi connectivity index (χ2v) is 9.51. The fourth-order valence-electron chi connectivity index (χ4n) is 4.33. The van der Waals surface area contributed by atoms with E-state index in [1.54, 1.807) is 24.3 Å². The number of aromatic nitrogens is 7. The number of imidazole rings is 1. The average molecular weight is 540 g/mol. The van der Waals surface area contributed by atoms with Crippen LogP contribution in [0.3, 0.4) is 0 Å². The molecule has 0 atom stereocenters. The highest BCUT2D eigenvalue weighted by atomic mass is 19.3. The minimum atomic E-state index is -2.85. The van der Waals surface area contributed by atoms with Crippen LogP contribution in [-0.2, 0) is 4.74 Å². The summed E-state index contributed by atoms with van der Waals surface area (Å²) in [7, 11) is 5.94.